The van der Waals surface area contributed by atoms with Crippen LogP contribution >= 0.6 is 0 Å². The molecule has 1 aliphatic rings. The highest BCUT2D eigenvalue weighted by molar-refractivity contribution is 6.67. The van der Waals surface area contributed by atoms with Gasteiger partial charge in [-0.05, 0) is 40.9 Å². The van der Waals surface area contributed by atoms with Crippen LogP contribution in [0, 0.1) is 6.57 Å². The lowest BCUT2D eigenvalue weighted by molar-refractivity contribution is 0.333. The number of nitrogens with two attached hydrogens (primary N) is 1. The van der Waals surface area contributed by atoms with Crippen molar-refractivity contribution in [2.75, 3.05) is 0 Å². The summed E-state index contributed by atoms with van der Waals surface area (Å²) in [5.74, 6) is 1.45. The lowest BCUT2D eigenvalue weighted by atomic mass is 9.64. The zero-order valence-corrected chi connectivity index (χ0v) is 11.8. The van der Waals surface area contributed by atoms with E-state index >= 15 is 0 Å². The first-order valence-corrected chi connectivity index (χ1v) is 6.84. The first-order chi connectivity index (χ1) is 10.2. The molecule has 0 unspecified atom stereocenters. The highest BCUT2D eigenvalue weighted by Gasteiger charge is 2.23. The van der Waals surface area contributed by atoms with E-state index in [1.165, 1.54) is 5.46 Å². The second kappa shape index (κ2) is 5.61. The monoisotopic (exact) mass is 278 g/mol. The van der Waals surface area contributed by atoms with Crippen LogP contribution < -0.4 is 15.9 Å². The zero-order valence-electron chi connectivity index (χ0n) is 11.8. The van der Waals surface area contributed by atoms with Gasteiger partial charge in [0.2, 0.25) is 0 Å². The number of ether oxygens (including phenoxy) is 1. The predicted molar refractivity (Wildman–Crippen MR) is 83.2 cm³/mol. The van der Waals surface area contributed by atoms with E-state index < -0.39 is 0 Å². The van der Waals surface area contributed by atoms with Gasteiger partial charge < -0.3 is 15.1 Å². The van der Waals surface area contributed by atoms with E-state index in [0.29, 0.717) is 24.6 Å². The summed E-state index contributed by atoms with van der Waals surface area (Å²) in [7, 11) is 0. The van der Waals surface area contributed by atoms with Crippen molar-refractivity contribution < 1.29 is 9.39 Å². The van der Waals surface area contributed by atoms with Gasteiger partial charge in [-0.1, -0.05) is 19.0 Å². The quantitative estimate of drug-likeness (QED) is 0.693. The van der Waals surface area contributed by atoms with E-state index in [2.05, 4.69) is 4.85 Å². The molecule has 0 saturated carbocycles. The van der Waals surface area contributed by atoms with Crippen LogP contribution in [0.2, 0.25) is 6.82 Å². The molecule has 1 heterocycles. The number of rotatable bonds is 3. The van der Waals surface area contributed by atoms with E-state index in [-0.39, 0.29) is 6.92 Å². The summed E-state index contributed by atoms with van der Waals surface area (Å²) in [4.78, 5) is 3.41. The molecule has 0 spiro atoms. The van der Waals surface area contributed by atoms with Crippen molar-refractivity contribution in [2.45, 2.75) is 20.0 Å². The van der Waals surface area contributed by atoms with Crippen molar-refractivity contribution >= 4 is 18.1 Å². The Morgan fingerprint density at radius 2 is 2.19 bits per heavy atom. The minimum absolute atomic E-state index is 0.145. The Hall–Kier alpha value is -2.29. The van der Waals surface area contributed by atoms with Gasteiger partial charge in [-0.25, -0.2) is 4.85 Å². The topological polar surface area (TPSA) is 48.8 Å². The molecule has 2 N–H and O–H groups in total. The Labute approximate surface area is 124 Å². The van der Waals surface area contributed by atoms with Crippen molar-refractivity contribution in [3.05, 3.63) is 58.9 Å². The number of nitrogens with zero attached hydrogens (tertiary/aromatic N) is 1. The average Bonchev–Trinajstić information content (AvgIpc) is 2.88. The summed E-state index contributed by atoms with van der Waals surface area (Å²) < 4.78 is 11.5. The molecule has 0 saturated heterocycles. The Morgan fingerprint density at radius 3 is 2.95 bits per heavy atom. The number of hydrogen-bond donors (Lipinski definition) is 1. The molecule has 0 amide bonds. The molecule has 21 heavy (non-hydrogen) atoms. The highest BCUT2D eigenvalue weighted by Crippen LogP contribution is 2.29. The van der Waals surface area contributed by atoms with Crippen LogP contribution in [-0.4, -0.2) is 6.92 Å². The third-order valence-corrected chi connectivity index (χ3v) is 3.66. The molecule has 2 aromatic rings. The zero-order chi connectivity index (χ0) is 14.8. The van der Waals surface area contributed by atoms with E-state index in [9.17, 15) is 0 Å². The van der Waals surface area contributed by atoms with E-state index in [4.69, 9.17) is 21.7 Å². The van der Waals surface area contributed by atoms with E-state index in [1.807, 2.05) is 25.0 Å². The number of hydrogen-bond acceptors (Lipinski definition) is 3. The molecule has 0 aromatic heterocycles. The number of benzene rings is 2. The lowest BCUT2D eigenvalue weighted by Crippen LogP contribution is -2.23. The molecule has 104 valence electrons. The lowest BCUT2D eigenvalue weighted by Gasteiger charge is -2.11. The molecule has 4 nitrogen and oxygen atoms in total. The van der Waals surface area contributed by atoms with Crippen LogP contribution in [0.5, 0.6) is 11.5 Å². The molecule has 0 bridgehead atoms. The standard InChI is InChI=1S/C16H15BN2O2/c1-17-15-5-4-14(8-12(15)10-20-17)21-16-6-3-13(19-2)7-11(16)9-18/h3-8H,9-10,18H2,1H3. The molecule has 0 aliphatic carbocycles. The minimum Gasteiger partial charge on any atom is -0.457 e. The van der Waals surface area contributed by atoms with Crippen LogP contribution in [0.15, 0.2) is 36.4 Å². The van der Waals surface area contributed by atoms with Crippen molar-refractivity contribution in [1.29, 1.82) is 0 Å². The molecule has 1 aliphatic heterocycles. The summed E-state index contributed by atoms with van der Waals surface area (Å²) in [6, 6.07) is 11.3. The molecule has 0 fully saturated rings. The second-order valence-electron chi connectivity index (χ2n) is 5.02. The summed E-state index contributed by atoms with van der Waals surface area (Å²) in [5, 5.41) is 0. The van der Waals surface area contributed by atoms with Gasteiger partial charge in [-0.2, -0.15) is 0 Å². The smallest absolute Gasteiger partial charge is 0.324 e. The highest BCUT2D eigenvalue weighted by atomic mass is 16.5. The van der Waals surface area contributed by atoms with Gasteiger partial charge in [0, 0.05) is 6.54 Å². The van der Waals surface area contributed by atoms with E-state index in [1.54, 1.807) is 18.2 Å². The van der Waals surface area contributed by atoms with Crippen LogP contribution in [0.3, 0.4) is 0 Å². The molecular weight excluding hydrogens is 263 g/mol. The summed E-state index contributed by atoms with van der Waals surface area (Å²) in [6.45, 7) is 10.2. The second-order valence-corrected chi connectivity index (χ2v) is 5.02. The molecule has 5 heteroatoms. The fourth-order valence-corrected chi connectivity index (χ4v) is 2.49. The predicted octanol–water partition coefficient (Wildman–Crippen LogP) is 2.85. The average molecular weight is 278 g/mol. The minimum atomic E-state index is 0.145. The van der Waals surface area contributed by atoms with Crippen molar-refractivity contribution in [2.24, 2.45) is 5.73 Å². The maximum atomic E-state index is 7.04. The summed E-state index contributed by atoms with van der Waals surface area (Å²) >= 11 is 0. The Kier molecular flexibility index (Phi) is 3.65. The van der Waals surface area contributed by atoms with Gasteiger partial charge >= 0.3 is 6.92 Å². The van der Waals surface area contributed by atoms with Gasteiger partial charge in [-0.3, -0.25) is 0 Å². The fourth-order valence-electron chi connectivity index (χ4n) is 2.49. The van der Waals surface area contributed by atoms with Crippen molar-refractivity contribution in [3.63, 3.8) is 0 Å². The maximum Gasteiger partial charge on any atom is 0.324 e. The molecular formula is C16H15BN2O2. The molecule has 2 aromatic carbocycles. The largest absolute Gasteiger partial charge is 0.457 e. The van der Waals surface area contributed by atoms with Gasteiger partial charge in [0.1, 0.15) is 11.5 Å². The third-order valence-electron chi connectivity index (χ3n) is 3.66. The van der Waals surface area contributed by atoms with Crippen LogP contribution in [0.1, 0.15) is 11.1 Å². The first-order valence-electron chi connectivity index (χ1n) is 6.84. The Bertz CT molecular complexity index is 725. The Balaban J connectivity index is 1.89. The van der Waals surface area contributed by atoms with Crippen molar-refractivity contribution in [3.8, 4) is 11.5 Å². The fraction of sp³-hybridized carbons (Fsp3) is 0.188. The molecule has 3 rings (SSSR count). The normalized spacial score (nSPS) is 12.9. The van der Waals surface area contributed by atoms with E-state index in [0.717, 1.165) is 16.9 Å². The summed E-state index contributed by atoms with van der Waals surface area (Å²) in [5.41, 5.74) is 9.50. The summed E-state index contributed by atoms with van der Waals surface area (Å²) in [6.07, 6.45) is 0. The maximum absolute atomic E-state index is 7.04. The SMILES string of the molecule is [C-]#[N+]c1ccc(Oc2ccc3c(c2)COB3C)c(CN)c1. The van der Waals surface area contributed by atoms with Gasteiger partial charge in [0.15, 0.2) is 5.69 Å². The number of fused-ring (bicyclic) bond motifs is 1. The van der Waals surface area contributed by atoms with Crippen LogP contribution in [0.25, 0.3) is 4.85 Å². The van der Waals surface area contributed by atoms with Gasteiger partial charge in [0.25, 0.3) is 0 Å². The Morgan fingerprint density at radius 1 is 1.33 bits per heavy atom. The van der Waals surface area contributed by atoms with Crippen molar-refractivity contribution in [1.82, 2.24) is 0 Å². The van der Waals surface area contributed by atoms with Crippen LogP contribution in [-0.2, 0) is 17.8 Å². The third kappa shape index (κ3) is 2.64. The first kappa shape index (κ1) is 13.7. The molecule has 0 radical (unpaired) electrons. The van der Waals surface area contributed by atoms with Gasteiger partial charge in [0.05, 0.1) is 13.2 Å². The van der Waals surface area contributed by atoms with Gasteiger partial charge in [-0.15, -0.1) is 0 Å². The van der Waals surface area contributed by atoms with Crippen LogP contribution in [0.4, 0.5) is 5.69 Å². The molecule has 0 atom stereocenters.